The third-order valence-electron chi connectivity index (χ3n) is 12.2. The van der Waals surface area contributed by atoms with E-state index in [-0.39, 0.29) is 40.2 Å². The molecule has 0 fully saturated rings. The van der Waals surface area contributed by atoms with Crippen molar-refractivity contribution in [3.05, 3.63) is 217 Å². The zero-order valence-corrected chi connectivity index (χ0v) is 55.1. The molecule has 402 valence electrons. The average Bonchev–Trinajstić information content (AvgIpc) is 3.97. The van der Waals surface area contributed by atoms with Crippen molar-refractivity contribution in [1.29, 1.82) is 0 Å². The van der Waals surface area contributed by atoms with Crippen molar-refractivity contribution < 1.29 is 33.2 Å². The molecule has 0 radical (unpaired) electrons. The van der Waals surface area contributed by atoms with Crippen LogP contribution < -0.4 is 10.6 Å². The molecule has 8 nitrogen and oxygen atoms in total. The Morgan fingerprint density at radius 1 is 0.571 bits per heavy atom. The molecule has 0 aliphatic carbocycles. The predicted molar refractivity (Wildman–Crippen MR) is 354 cm³/mol. The van der Waals surface area contributed by atoms with E-state index in [4.69, 9.17) is 0 Å². The van der Waals surface area contributed by atoms with Gasteiger partial charge in [0, 0.05) is 90.6 Å². The number of hydrogen-bond donors (Lipinski definition) is 3. The molecule has 1 atom stereocenters. The summed E-state index contributed by atoms with van der Waals surface area (Å²) in [5.74, 6) is -1.08. The van der Waals surface area contributed by atoms with E-state index in [2.05, 4.69) is 137 Å². The number of aliphatic hydroxyl groups excluding tert-OH is 1. The van der Waals surface area contributed by atoms with E-state index in [1.165, 1.54) is 24.3 Å². The Bertz CT molecular complexity index is 3120. The number of nitrogens with one attached hydrogen (secondary N) is 2. The van der Waals surface area contributed by atoms with Crippen LogP contribution in [0.2, 0.25) is 0 Å². The summed E-state index contributed by atoms with van der Waals surface area (Å²) in [5.41, 5.74) is 10.8. The number of carbonyl (C=O) groups excluding carboxylic acids is 3. The number of amides is 2. The maximum absolute atomic E-state index is 14.0. The fraction of sp³-hybridized carbons (Fsp3) is 0.197. The van der Waals surface area contributed by atoms with Gasteiger partial charge in [-0.15, -0.1) is 6.58 Å². The molecule has 2 amide bonds. The predicted octanol–water partition coefficient (Wildman–Crippen LogP) is 19.0. The third kappa shape index (κ3) is 18.1. The maximum atomic E-state index is 14.0. The van der Waals surface area contributed by atoms with Gasteiger partial charge in [0.25, 0.3) is 11.8 Å². The average molecular weight is 1640 g/mol. The molecule has 1 unspecified atom stereocenters. The van der Waals surface area contributed by atoms with Crippen LogP contribution in [0.25, 0.3) is 44.8 Å². The molecule has 6 aromatic carbocycles. The Morgan fingerprint density at radius 3 is 1.23 bits per heavy atom. The molecule has 0 aliphatic rings. The van der Waals surface area contributed by atoms with Crippen LogP contribution in [-0.2, 0) is 22.8 Å². The van der Waals surface area contributed by atoms with Gasteiger partial charge in [0.1, 0.15) is 17.9 Å². The summed E-state index contributed by atoms with van der Waals surface area (Å²) in [6.45, 7) is 12.9. The van der Waals surface area contributed by atoms with E-state index in [0.29, 0.717) is 54.9 Å². The van der Waals surface area contributed by atoms with Gasteiger partial charge in [-0.25, -0.2) is 8.78 Å². The van der Waals surface area contributed by atoms with Gasteiger partial charge in [0.15, 0.2) is 0 Å². The first-order valence-corrected chi connectivity index (χ1v) is 44.5. The number of aldehydes is 1. The molecule has 0 aliphatic heterocycles. The first-order chi connectivity index (χ1) is 37.1. The summed E-state index contributed by atoms with van der Waals surface area (Å²) in [6.07, 6.45) is 3.31. The minimum atomic E-state index is -0.553. The van der Waals surface area contributed by atoms with E-state index in [0.717, 1.165) is 62.4 Å². The first-order valence-electron chi connectivity index (χ1n) is 24.7. The number of aliphatic hydroxyl groups is 1. The molecule has 77 heavy (non-hydrogen) atoms. The first kappa shape index (κ1) is 64.1. The minimum absolute atomic E-state index is 0.000152. The Morgan fingerprint density at radius 2 is 0.909 bits per heavy atom. The number of nitrogens with zero attached hydrogens (tertiary/aromatic N) is 2. The standard InChI is InChI=1S/C32H33FN2O2.C29H27FN2O2.I2.3HI.V/c1-4-11-27(36)20-21-35-30(22(2)3)29(32(37)34-26-14-9-6-10-15-26)28(23-12-7-5-8-13-23)31(35)24-16-18-25(33)19-17-24;1-20(2)27-26(29(34)31-24-12-7-4-8-13-24)25(21-10-5-3-6-11-21)28(32(27)18-9-19-33)22-14-16-23(30)17-15-22;1-2;;;;/h4-10,12-19,22,27,36H,1,11,20-21H2,2-3H3,(H,34,37);3-8,10-17,19-20H,9,18H2,1-2H3,(H,31,34);;3*1H;/q;;;;;;+3/p-3. The van der Waals surface area contributed by atoms with Crippen LogP contribution in [0.4, 0.5) is 20.2 Å². The number of aromatic nitrogens is 2. The fourth-order valence-corrected chi connectivity index (χ4v) is 9.19. The summed E-state index contributed by atoms with van der Waals surface area (Å²) >= 11 is 11.6. The van der Waals surface area contributed by atoms with Crippen molar-refractivity contribution in [1.82, 2.24) is 9.13 Å². The van der Waals surface area contributed by atoms with Gasteiger partial charge in [-0.2, -0.15) is 0 Å². The molecule has 3 N–H and O–H groups in total. The van der Waals surface area contributed by atoms with Crippen LogP contribution in [0.15, 0.2) is 183 Å². The van der Waals surface area contributed by atoms with Crippen molar-refractivity contribution in [2.24, 2.45) is 0 Å². The van der Waals surface area contributed by atoms with Crippen LogP contribution in [0.5, 0.6) is 0 Å². The molecule has 16 heteroatoms. The molecule has 2 aromatic heterocycles. The van der Waals surface area contributed by atoms with Gasteiger partial charge in [-0.05, 0) is 120 Å². The zero-order chi connectivity index (χ0) is 56.0. The van der Waals surface area contributed by atoms with Gasteiger partial charge in [-0.3, -0.25) is 9.59 Å². The van der Waals surface area contributed by atoms with Gasteiger partial charge in [-0.1, -0.05) is 131 Å². The SMILES string of the molecule is C=CCC(O)CCn1c(-c2ccc(F)cc2)c(-c2ccccc2)c(C(=O)Nc2ccccc2)c1C(C)C.CC(C)c1c(C(=O)Nc2ccccc2)c(-c2ccccc2)c(-c2ccc(F)cc2)n1CCC=O.II.[I][V]([I])[I]. The van der Waals surface area contributed by atoms with E-state index < -0.39 is 6.10 Å². The quantitative estimate of drug-likeness (QED) is 0.0452. The Labute approximate surface area is 512 Å². The molecule has 0 saturated heterocycles. The van der Waals surface area contributed by atoms with Crippen LogP contribution in [0.1, 0.15) is 90.9 Å². The molecule has 0 spiro atoms. The molecule has 8 aromatic rings. The number of halogens is 7. The van der Waals surface area contributed by atoms with Crippen LogP contribution in [0, 0.1) is 11.6 Å². The zero-order valence-electron chi connectivity index (χ0n) is 43.0. The normalized spacial score (nSPS) is 11.1. The molecule has 8 rings (SSSR count). The summed E-state index contributed by atoms with van der Waals surface area (Å²) in [4.78, 5) is 38.9. The Hall–Kier alpha value is -3.72. The van der Waals surface area contributed by atoms with Gasteiger partial charge >= 0.3 is 64.9 Å². The Balaban J connectivity index is 0.000000259. The van der Waals surface area contributed by atoms with Crippen LogP contribution in [0.3, 0.4) is 0 Å². The van der Waals surface area contributed by atoms with E-state index in [1.807, 2.05) is 135 Å². The number of benzene rings is 6. The van der Waals surface area contributed by atoms with E-state index >= 15 is 0 Å². The van der Waals surface area contributed by atoms with Crippen molar-refractivity contribution in [2.75, 3.05) is 10.6 Å². The summed E-state index contributed by atoms with van der Waals surface area (Å²) in [5, 5.41) is 16.6. The van der Waals surface area contributed by atoms with Crippen molar-refractivity contribution in [2.45, 2.75) is 78.0 Å². The molecule has 0 saturated carbocycles. The van der Waals surface area contributed by atoms with E-state index in [1.54, 1.807) is 30.3 Å². The number of hydrogen-bond acceptors (Lipinski definition) is 4. The van der Waals surface area contributed by atoms with Crippen molar-refractivity contribution in [3.63, 3.8) is 0 Å². The number of para-hydroxylation sites is 2. The van der Waals surface area contributed by atoms with Crippen LogP contribution >= 0.6 is 97.2 Å². The second kappa shape index (κ2) is 33.1. The fourth-order valence-electron chi connectivity index (χ4n) is 9.19. The number of carbonyl (C=O) groups is 3. The van der Waals surface area contributed by atoms with Gasteiger partial charge in [0.2, 0.25) is 0 Å². The van der Waals surface area contributed by atoms with Crippen LogP contribution in [-0.4, -0.2) is 38.4 Å². The van der Waals surface area contributed by atoms with Gasteiger partial charge in [0.05, 0.1) is 28.6 Å². The van der Waals surface area contributed by atoms with Crippen molar-refractivity contribution >= 4 is 127 Å². The molecule has 2 heterocycles. The summed E-state index contributed by atoms with van der Waals surface area (Å²) in [6, 6.07) is 50.9. The second-order valence-corrected chi connectivity index (χ2v) is 53.4. The van der Waals surface area contributed by atoms with Crippen molar-refractivity contribution in [3.8, 4) is 44.8 Å². The summed E-state index contributed by atoms with van der Waals surface area (Å²) in [7, 11) is 0. The van der Waals surface area contributed by atoms with Gasteiger partial charge < -0.3 is 29.7 Å². The second-order valence-electron chi connectivity index (χ2n) is 18.1. The number of rotatable bonds is 18. The molecule has 0 bridgehead atoms. The number of anilines is 2. The van der Waals surface area contributed by atoms with E-state index in [9.17, 15) is 28.3 Å². The topological polar surface area (TPSA) is 105 Å². The summed E-state index contributed by atoms with van der Waals surface area (Å²) < 4.78 is 31.9. The Kier molecular flexibility index (Phi) is 27.6. The monoisotopic (exact) mass is 1640 g/mol. The third-order valence-corrected chi connectivity index (χ3v) is 12.2. The molecular weight excluding hydrogens is 1580 g/mol. The molecular formula is C61H60F2I5N4O4V.